The average Bonchev–Trinajstić information content (AvgIpc) is 3.22. The molecule has 5 heteroatoms. The lowest BCUT2D eigenvalue weighted by atomic mass is 9.78. The molecule has 2 aromatic carbocycles. The first-order valence-corrected chi connectivity index (χ1v) is 11.4. The number of hydrogen-bond acceptors (Lipinski definition) is 3. The second-order valence-corrected chi connectivity index (χ2v) is 9.45. The molecule has 31 heavy (non-hydrogen) atoms. The Labute approximate surface area is 190 Å². The van der Waals surface area contributed by atoms with E-state index in [1.165, 1.54) is 4.90 Å². The highest BCUT2D eigenvalue weighted by Crippen LogP contribution is 2.43. The molecule has 3 rings (SSSR count). The van der Waals surface area contributed by atoms with E-state index in [9.17, 15) is 14.4 Å². The molecule has 1 aliphatic heterocycles. The Morgan fingerprint density at radius 1 is 1.00 bits per heavy atom. The van der Waals surface area contributed by atoms with Crippen molar-refractivity contribution in [2.45, 2.75) is 57.9 Å². The maximum Gasteiger partial charge on any atom is 0.291 e. The normalized spacial score (nSPS) is 18.9. The second kappa shape index (κ2) is 9.39. The first-order valence-electron chi connectivity index (χ1n) is 10.9. The predicted octanol–water partition coefficient (Wildman–Crippen LogP) is 5.03. The summed E-state index contributed by atoms with van der Waals surface area (Å²) in [6, 6.07) is 20.0. The fraction of sp³-hybridized carbons (Fsp3) is 0.423. The van der Waals surface area contributed by atoms with Crippen LogP contribution >= 0.6 is 12.6 Å². The zero-order valence-corrected chi connectivity index (χ0v) is 19.4. The zero-order valence-electron chi connectivity index (χ0n) is 18.5. The van der Waals surface area contributed by atoms with Gasteiger partial charge in [-0.2, -0.15) is 0 Å². The Bertz CT molecular complexity index is 902. The van der Waals surface area contributed by atoms with E-state index >= 15 is 0 Å². The van der Waals surface area contributed by atoms with E-state index in [4.69, 9.17) is 0 Å². The molecule has 1 aliphatic rings. The molecular formula is C26H31NO3S. The average molecular weight is 438 g/mol. The molecular weight excluding hydrogens is 406 g/mol. The third kappa shape index (κ3) is 4.62. The number of likely N-dealkylation sites (tertiary alicyclic amines) is 1. The summed E-state index contributed by atoms with van der Waals surface area (Å²) in [5.41, 5.74) is 0.281. The number of ketones is 1. The van der Waals surface area contributed by atoms with Crippen LogP contribution in [0.3, 0.4) is 0 Å². The summed E-state index contributed by atoms with van der Waals surface area (Å²) < 4.78 is 0. The van der Waals surface area contributed by atoms with Crippen molar-refractivity contribution in [3.8, 4) is 0 Å². The lowest BCUT2D eigenvalue weighted by Gasteiger charge is -2.39. The van der Waals surface area contributed by atoms with Gasteiger partial charge >= 0.3 is 0 Å². The van der Waals surface area contributed by atoms with Gasteiger partial charge < -0.3 is 4.90 Å². The maximum absolute atomic E-state index is 13.3. The molecule has 1 unspecified atom stereocenters. The van der Waals surface area contributed by atoms with Crippen LogP contribution in [0.2, 0.25) is 0 Å². The number of amides is 1. The van der Waals surface area contributed by atoms with Crippen molar-refractivity contribution in [2.24, 2.45) is 5.41 Å². The topological polar surface area (TPSA) is 54.5 Å². The van der Waals surface area contributed by atoms with Gasteiger partial charge in [-0.1, -0.05) is 81.4 Å². The van der Waals surface area contributed by atoms with Gasteiger partial charge in [0.15, 0.2) is 0 Å². The summed E-state index contributed by atoms with van der Waals surface area (Å²) in [7, 11) is 0. The van der Waals surface area contributed by atoms with Crippen molar-refractivity contribution in [3.63, 3.8) is 0 Å². The van der Waals surface area contributed by atoms with E-state index in [1.807, 2.05) is 67.6 Å². The monoisotopic (exact) mass is 437 g/mol. The molecule has 1 atom stereocenters. The van der Waals surface area contributed by atoms with Crippen LogP contribution in [0.5, 0.6) is 0 Å². The fourth-order valence-corrected chi connectivity index (χ4v) is 4.73. The van der Waals surface area contributed by atoms with Gasteiger partial charge in [-0.05, 0) is 36.8 Å². The quantitative estimate of drug-likeness (QED) is 0.465. The number of thiol groups is 1. The number of Topliss-reactive ketones (excluding diaryl/α,β-unsaturated/α-hetero) is 1. The number of carbonyl (C=O) groups excluding carboxylic acids is 3. The highest BCUT2D eigenvalue weighted by molar-refractivity contribution is 7.96. The van der Waals surface area contributed by atoms with E-state index < -0.39 is 22.6 Å². The van der Waals surface area contributed by atoms with Gasteiger partial charge in [0.25, 0.3) is 5.91 Å². The molecule has 0 bridgehead atoms. The summed E-state index contributed by atoms with van der Waals surface area (Å²) in [4.78, 5) is 40.8. The van der Waals surface area contributed by atoms with Crippen molar-refractivity contribution in [1.29, 1.82) is 0 Å². The minimum absolute atomic E-state index is 0.0961. The van der Waals surface area contributed by atoms with Crippen LogP contribution in [0.4, 0.5) is 0 Å². The first-order chi connectivity index (χ1) is 14.7. The van der Waals surface area contributed by atoms with Crippen molar-refractivity contribution in [1.82, 2.24) is 4.90 Å². The minimum atomic E-state index is -1.10. The third-order valence-electron chi connectivity index (χ3n) is 6.77. The Hall–Kier alpha value is -2.40. The Morgan fingerprint density at radius 3 is 1.97 bits per heavy atom. The van der Waals surface area contributed by atoms with Crippen molar-refractivity contribution >= 4 is 29.4 Å². The standard InChI is InChI=1S/C26H31NO3S/c1-4-25(2,3)22(28)23(29)27-17-11-16-26(27,24(30)31)18-21(19-12-7-5-8-13-19)20-14-9-6-10-15-20/h5-10,12-15,21H,4,11,16-18H2,1-3H3,(H,30,31). The van der Waals surface area contributed by atoms with E-state index in [1.54, 1.807) is 13.8 Å². The lowest BCUT2D eigenvalue weighted by molar-refractivity contribution is -0.153. The molecule has 0 aromatic heterocycles. The fourth-order valence-electron chi connectivity index (χ4n) is 4.41. The molecule has 0 aliphatic carbocycles. The van der Waals surface area contributed by atoms with Gasteiger partial charge in [-0.15, -0.1) is 12.6 Å². The molecule has 0 spiro atoms. The number of carbonyl (C=O) groups is 3. The molecule has 0 radical (unpaired) electrons. The van der Waals surface area contributed by atoms with E-state index in [0.717, 1.165) is 11.1 Å². The maximum atomic E-state index is 13.3. The number of nitrogens with zero attached hydrogens (tertiary/aromatic N) is 1. The van der Waals surface area contributed by atoms with Crippen LogP contribution in [-0.4, -0.2) is 33.8 Å². The van der Waals surface area contributed by atoms with Gasteiger partial charge in [0.1, 0.15) is 5.54 Å². The minimum Gasteiger partial charge on any atom is -0.322 e. The summed E-state index contributed by atoms with van der Waals surface area (Å²) in [6.45, 7) is 5.86. The molecule has 2 aromatic rings. The second-order valence-electron chi connectivity index (χ2n) is 9.04. The van der Waals surface area contributed by atoms with Gasteiger partial charge in [-0.3, -0.25) is 14.4 Å². The molecule has 1 fully saturated rings. The predicted molar refractivity (Wildman–Crippen MR) is 126 cm³/mol. The summed E-state index contributed by atoms with van der Waals surface area (Å²) in [6.07, 6.45) is 2.14. The van der Waals surface area contributed by atoms with Crippen LogP contribution in [-0.2, 0) is 14.4 Å². The SMILES string of the molecule is CCC(C)(C)C(=O)C(=O)N1CCCC1(CC(c1ccccc1)c1ccccc1)C(=O)S. The van der Waals surface area contributed by atoms with Gasteiger partial charge in [0.05, 0.1) is 0 Å². The number of rotatable bonds is 8. The van der Waals surface area contributed by atoms with Crippen molar-refractivity contribution < 1.29 is 14.4 Å². The molecule has 4 nitrogen and oxygen atoms in total. The van der Waals surface area contributed by atoms with Crippen molar-refractivity contribution in [2.75, 3.05) is 6.54 Å². The largest absolute Gasteiger partial charge is 0.322 e. The number of hydrogen-bond donors (Lipinski definition) is 1. The summed E-state index contributed by atoms with van der Waals surface area (Å²) >= 11 is 4.25. The first kappa shape index (κ1) is 23.3. The van der Waals surface area contributed by atoms with E-state index in [2.05, 4.69) is 12.6 Å². The highest BCUT2D eigenvalue weighted by Gasteiger charge is 2.52. The van der Waals surface area contributed by atoms with Crippen molar-refractivity contribution in [3.05, 3.63) is 71.8 Å². The van der Waals surface area contributed by atoms with Crippen LogP contribution in [0.15, 0.2) is 60.7 Å². The van der Waals surface area contributed by atoms with Crippen LogP contribution < -0.4 is 0 Å². The van der Waals surface area contributed by atoms with Crippen LogP contribution in [0.25, 0.3) is 0 Å². The Kier molecular flexibility index (Phi) is 7.05. The highest BCUT2D eigenvalue weighted by atomic mass is 32.1. The van der Waals surface area contributed by atoms with Crippen LogP contribution in [0.1, 0.15) is 63.5 Å². The molecule has 1 heterocycles. The van der Waals surface area contributed by atoms with Gasteiger partial charge in [-0.25, -0.2) is 0 Å². The third-order valence-corrected chi connectivity index (χ3v) is 7.19. The summed E-state index contributed by atoms with van der Waals surface area (Å²) in [5, 5.41) is -0.350. The molecule has 164 valence electrons. The lowest BCUT2D eigenvalue weighted by Crippen LogP contribution is -2.56. The molecule has 1 saturated heterocycles. The van der Waals surface area contributed by atoms with Gasteiger partial charge in [0, 0.05) is 17.9 Å². The molecule has 0 saturated carbocycles. The molecule has 0 N–H and O–H groups in total. The summed E-state index contributed by atoms with van der Waals surface area (Å²) in [5.74, 6) is -1.10. The van der Waals surface area contributed by atoms with Crippen LogP contribution in [0, 0.1) is 5.41 Å². The zero-order chi connectivity index (χ0) is 22.6. The van der Waals surface area contributed by atoms with E-state index in [0.29, 0.717) is 32.2 Å². The van der Waals surface area contributed by atoms with Gasteiger partial charge in [0.2, 0.25) is 10.9 Å². The molecule has 1 amide bonds. The Morgan fingerprint density at radius 2 is 1.52 bits per heavy atom. The smallest absolute Gasteiger partial charge is 0.291 e. The Balaban J connectivity index is 2.03. The van der Waals surface area contributed by atoms with E-state index in [-0.39, 0.29) is 11.0 Å². The number of benzene rings is 2.